The van der Waals surface area contributed by atoms with Gasteiger partial charge in [0.15, 0.2) is 5.76 Å². The summed E-state index contributed by atoms with van der Waals surface area (Å²) in [6, 6.07) is 22.4. The van der Waals surface area contributed by atoms with Gasteiger partial charge in [-0.2, -0.15) is 0 Å². The number of hydrogen-bond acceptors (Lipinski definition) is 4. The van der Waals surface area contributed by atoms with Gasteiger partial charge in [0.1, 0.15) is 5.75 Å². The first kappa shape index (κ1) is 21.3. The Bertz CT molecular complexity index is 1110. The van der Waals surface area contributed by atoms with Gasteiger partial charge in [-0.05, 0) is 59.3 Å². The smallest absolute Gasteiger partial charge is 0.290 e. The fraction of sp³-hybridized carbons (Fsp3) is 0.160. The van der Waals surface area contributed by atoms with Crippen molar-refractivity contribution in [3.05, 3.63) is 100 Å². The molecule has 0 saturated carbocycles. The van der Waals surface area contributed by atoms with E-state index in [1.807, 2.05) is 66.9 Å². The molecule has 1 aliphatic heterocycles. The molecule has 31 heavy (non-hydrogen) atoms. The van der Waals surface area contributed by atoms with Crippen LogP contribution < -0.4 is 4.74 Å². The molecule has 3 aromatic carbocycles. The monoisotopic (exact) mass is 451 g/mol. The third kappa shape index (κ3) is 4.29. The van der Waals surface area contributed by atoms with Crippen LogP contribution in [0.1, 0.15) is 22.7 Å². The number of aliphatic hydroxyl groups is 1. The van der Waals surface area contributed by atoms with Crippen LogP contribution >= 0.6 is 23.4 Å². The van der Waals surface area contributed by atoms with Crippen molar-refractivity contribution in [2.75, 3.05) is 13.4 Å². The van der Waals surface area contributed by atoms with Gasteiger partial charge in [-0.1, -0.05) is 48.0 Å². The number of hydrogen-bond donors (Lipinski definition) is 1. The van der Waals surface area contributed by atoms with E-state index < -0.39 is 6.04 Å². The van der Waals surface area contributed by atoms with Gasteiger partial charge in [-0.15, -0.1) is 11.8 Å². The van der Waals surface area contributed by atoms with E-state index in [4.69, 9.17) is 16.3 Å². The molecule has 158 valence electrons. The topological polar surface area (TPSA) is 49.8 Å². The molecule has 0 saturated heterocycles. The molecule has 0 spiro atoms. The Morgan fingerprint density at radius 3 is 2.23 bits per heavy atom. The van der Waals surface area contributed by atoms with E-state index in [0.717, 1.165) is 21.6 Å². The molecule has 1 heterocycles. The fourth-order valence-corrected chi connectivity index (χ4v) is 4.34. The second-order valence-corrected chi connectivity index (χ2v) is 8.54. The molecule has 0 unspecified atom stereocenters. The van der Waals surface area contributed by atoms with E-state index in [0.29, 0.717) is 22.9 Å². The van der Waals surface area contributed by atoms with Crippen molar-refractivity contribution in [3.8, 4) is 5.75 Å². The lowest BCUT2D eigenvalue weighted by molar-refractivity contribution is -0.130. The van der Waals surface area contributed by atoms with Gasteiger partial charge < -0.3 is 14.7 Å². The van der Waals surface area contributed by atoms with Crippen molar-refractivity contribution in [2.24, 2.45) is 0 Å². The zero-order valence-electron chi connectivity index (χ0n) is 17.2. The number of halogens is 1. The minimum atomic E-state index is -0.432. The second kappa shape index (κ2) is 9.08. The first-order valence-corrected chi connectivity index (χ1v) is 11.4. The van der Waals surface area contributed by atoms with Crippen LogP contribution in [0.4, 0.5) is 0 Å². The highest BCUT2D eigenvalue weighted by Crippen LogP contribution is 2.44. The summed E-state index contributed by atoms with van der Waals surface area (Å²) in [7, 11) is 1.60. The maximum Gasteiger partial charge on any atom is 0.290 e. The summed E-state index contributed by atoms with van der Waals surface area (Å²) >= 11 is 7.77. The third-order valence-corrected chi connectivity index (χ3v) is 6.40. The highest BCUT2D eigenvalue weighted by atomic mass is 35.5. The molecule has 4 nitrogen and oxygen atoms in total. The normalized spacial score (nSPS) is 16.2. The predicted molar refractivity (Wildman–Crippen MR) is 126 cm³/mol. The van der Waals surface area contributed by atoms with Crippen LogP contribution in [0.15, 0.2) is 83.5 Å². The Labute approximate surface area is 191 Å². The number of carbonyl (C=O) groups is 1. The molecule has 0 aliphatic carbocycles. The van der Waals surface area contributed by atoms with Gasteiger partial charge in [0.05, 0.1) is 13.2 Å². The Morgan fingerprint density at radius 1 is 1.00 bits per heavy atom. The lowest BCUT2D eigenvalue weighted by atomic mass is 9.93. The zero-order valence-corrected chi connectivity index (χ0v) is 18.8. The van der Waals surface area contributed by atoms with Crippen molar-refractivity contribution in [3.63, 3.8) is 0 Å². The molecule has 0 aromatic heterocycles. The van der Waals surface area contributed by atoms with Crippen LogP contribution in [0.25, 0.3) is 5.57 Å². The minimum Gasteiger partial charge on any atom is -0.503 e. The molecule has 6 heteroatoms. The molecular weight excluding hydrogens is 430 g/mol. The predicted octanol–water partition coefficient (Wildman–Crippen LogP) is 6.12. The number of aliphatic hydroxyl groups excluding tert-OH is 1. The molecule has 1 aliphatic rings. The number of carbonyl (C=O) groups excluding carboxylic acids is 1. The van der Waals surface area contributed by atoms with Gasteiger partial charge in [-0.25, -0.2) is 0 Å². The summed E-state index contributed by atoms with van der Waals surface area (Å²) < 4.78 is 5.25. The molecule has 1 amide bonds. The molecule has 0 bridgehead atoms. The van der Waals surface area contributed by atoms with E-state index >= 15 is 0 Å². The van der Waals surface area contributed by atoms with E-state index in [1.165, 1.54) is 0 Å². The largest absolute Gasteiger partial charge is 0.503 e. The van der Waals surface area contributed by atoms with Crippen molar-refractivity contribution in [1.29, 1.82) is 0 Å². The van der Waals surface area contributed by atoms with Gasteiger partial charge in [0.2, 0.25) is 0 Å². The number of thioether (sulfide) groups is 1. The maximum atomic E-state index is 13.2. The number of benzene rings is 3. The number of rotatable bonds is 6. The fourth-order valence-electron chi connectivity index (χ4n) is 3.80. The molecule has 1 atom stereocenters. The minimum absolute atomic E-state index is 0.231. The summed E-state index contributed by atoms with van der Waals surface area (Å²) in [6.07, 6.45) is 2.03. The summed E-state index contributed by atoms with van der Waals surface area (Å²) in [4.78, 5) is 16.0. The van der Waals surface area contributed by atoms with Crippen LogP contribution in [0, 0.1) is 0 Å². The van der Waals surface area contributed by atoms with Crippen LogP contribution in [-0.2, 0) is 11.3 Å². The molecular formula is C25H22ClNO3S. The average Bonchev–Trinajstić information content (AvgIpc) is 3.05. The van der Waals surface area contributed by atoms with Gasteiger partial charge in [-0.3, -0.25) is 4.79 Å². The SMILES string of the molecule is COc1ccc(C2=C(O)C(=O)N(Cc3ccc(SC)cc3)[C@H]2c2ccc(Cl)cc2)cc1. The Morgan fingerprint density at radius 2 is 1.65 bits per heavy atom. The van der Waals surface area contributed by atoms with Crippen LogP contribution in [0.5, 0.6) is 5.75 Å². The van der Waals surface area contributed by atoms with Crippen molar-refractivity contribution in [1.82, 2.24) is 4.90 Å². The number of ether oxygens (including phenoxy) is 1. The Kier molecular flexibility index (Phi) is 6.25. The molecule has 4 rings (SSSR count). The van der Waals surface area contributed by atoms with Gasteiger partial charge >= 0.3 is 0 Å². The second-order valence-electron chi connectivity index (χ2n) is 7.23. The lowest BCUT2D eigenvalue weighted by Crippen LogP contribution is -2.29. The third-order valence-electron chi connectivity index (χ3n) is 5.40. The maximum absolute atomic E-state index is 13.2. The molecule has 0 radical (unpaired) electrons. The van der Waals surface area contributed by atoms with Crippen molar-refractivity contribution < 1.29 is 14.6 Å². The summed E-state index contributed by atoms with van der Waals surface area (Å²) in [5.74, 6) is 0.0903. The van der Waals surface area contributed by atoms with Crippen LogP contribution in [0.3, 0.4) is 0 Å². The quantitative estimate of drug-likeness (QED) is 0.458. The van der Waals surface area contributed by atoms with E-state index in [9.17, 15) is 9.90 Å². The highest BCUT2D eigenvalue weighted by molar-refractivity contribution is 7.98. The number of nitrogens with zero attached hydrogens (tertiary/aromatic N) is 1. The first-order valence-electron chi connectivity index (χ1n) is 9.78. The Hall–Kier alpha value is -2.89. The first-order chi connectivity index (χ1) is 15.0. The van der Waals surface area contributed by atoms with Gasteiger partial charge in [0, 0.05) is 22.0 Å². The summed E-state index contributed by atoms with van der Waals surface area (Å²) in [5, 5.41) is 11.5. The number of methoxy groups -OCH3 is 1. The summed E-state index contributed by atoms with van der Waals surface area (Å²) in [6.45, 7) is 0.379. The highest BCUT2D eigenvalue weighted by Gasteiger charge is 2.41. The average molecular weight is 452 g/mol. The van der Waals surface area contributed by atoms with Crippen molar-refractivity contribution in [2.45, 2.75) is 17.5 Å². The standard InChI is InChI=1S/C25H22ClNO3S/c1-30-20-11-7-17(8-12-20)22-23(18-5-9-19(26)10-6-18)27(25(29)24(22)28)15-16-3-13-21(31-2)14-4-16/h3-14,23,28H,15H2,1-2H3/t23-/m0/s1. The zero-order chi connectivity index (χ0) is 22.0. The van der Waals surface area contributed by atoms with E-state index in [1.54, 1.807) is 35.9 Å². The number of amides is 1. The van der Waals surface area contributed by atoms with Crippen LogP contribution in [0.2, 0.25) is 5.02 Å². The lowest BCUT2D eigenvalue weighted by Gasteiger charge is -2.27. The molecule has 3 aromatic rings. The van der Waals surface area contributed by atoms with E-state index in [-0.39, 0.29) is 11.7 Å². The van der Waals surface area contributed by atoms with E-state index in [2.05, 4.69) is 0 Å². The molecule has 0 fully saturated rings. The molecule has 1 N–H and O–H groups in total. The van der Waals surface area contributed by atoms with Crippen LogP contribution in [-0.4, -0.2) is 29.3 Å². The van der Waals surface area contributed by atoms with Crippen molar-refractivity contribution >= 4 is 34.8 Å². The van der Waals surface area contributed by atoms with Gasteiger partial charge in [0.25, 0.3) is 5.91 Å². The summed E-state index contributed by atoms with van der Waals surface area (Å²) in [5.41, 5.74) is 3.23. The Balaban J connectivity index is 1.76.